The Labute approximate surface area is 169 Å². The fraction of sp³-hybridized carbons (Fsp3) is 0.318. The van der Waals surface area contributed by atoms with Crippen LogP contribution in [0.1, 0.15) is 28.5 Å². The summed E-state index contributed by atoms with van der Waals surface area (Å²) in [6.45, 7) is 3.74. The summed E-state index contributed by atoms with van der Waals surface area (Å²) in [5.74, 6) is 0.653. The van der Waals surface area contributed by atoms with E-state index in [-0.39, 0.29) is 11.1 Å². The molecular weight excluding hydrogens is 373 g/mol. The number of anilines is 1. The Kier molecular flexibility index (Phi) is 5.31. The van der Waals surface area contributed by atoms with Crippen LogP contribution in [0.2, 0.25) is 0 Å². The number of aryl methyl sites for hydroxylation is 2. The summed E-state index contributed by atoms with van der Waals surface area (Å²) < 4.78 is 21.1. The Balaban J connectivity index is 1.69. The average Bonchev–Trinajstić information content (AvgIpc) is 2.89. The first-order valence-corrected chi connectivity index (χ1v) is 10.3. The molecule has 0 fully saturated rings. The lowest BCUT2D eigenvalue weighted by atomic mass is 10.1. The molecule has 1 atom stereocenters. The molecule has 0 saturated heterocycles. The van der Waals surface area contributed by atoms with E-state index in [2.05, 4.69) is 28.3 Å². The van der Waals surface area contributed by atoms with E-state index in [0.717, 1.165) is 41.4 Å². The van der Waals surface area contributed by atoms with Crippen LogP contribution in [0.15, 0.2) is 53.6 Å². The van der Waals surface area contributed by atoms with Gasteiger partial charge in [-0.2, -0.15) is 5.10 Å². The molecule has 0 spiro atoms. The topological polar surface area (TPSA) is 30.3 Å². The third kappa shape index (κ3) is 3.87. The Morgan fingerprint density at radius 3 is 2.82 bits per heavy atom. The highest BCUT2D eigenvalue weighted by Crippen LogP contribution is 2.46. The highest BCUT2D eigenvalue weighted by Gasteiger charge is 2.25. The van der Waals surface area contributed by atoms with Gasteiger partial charge in [-0.05, 0) is 49.2 Å². The van der Waals surface area contributed by atoms with Crippen molar-refractivity contribution in [2.75, 3.05) is 18.6 Å². The van der Waals surface area contributed by atoms with Crippen LogP contribution in [0, 0.1) is 12.7 Å². The molecule has 28 heavy (non-hydrogen) atoms. The van der Waals surface area contributed by atoms with Crippen molar-refractivity contribution in [3.8, 4) is 5.75 Å². The Morgan fingerprint density at radius 1 is 1.25 bits per heavy atom. The molecule has 2 heterocycles. The number of aromatic nitrogens is 2. The maximum atomic E-state index is 13.8. The predicted octanol–water partition coefficient (Wildman–Crippen LogP) is 5.12. The van der Waals surface area contributed by atoms with E-state index in [9.17, 15) is 4.39 Å². The molecule has 1 aromatic heterocycles. The molecule has 0 bridgehead atoms. The summed E-state index contributed by atoms with van der Waals surface area (Å²) in [6, 6.07) is 13.2. The molecule has 146 valence electrons. The van der Waals surface area contributed by atoms with Crippen LogP contribution in [0.3, 0.4) is 0 Å². The van der Waals surface area contributed by atoms with Crippen LogP contribution in [0.25, 0.3) is 0 Å². The zero-order valence-corrected chi connectivity index (χ0v) is 17.2. The van der Waals surface area contributed by atoms with Crippen molar-refractivity contribution in [1.82, 2.24) is 9.78 Å². The second kappa shape index (κ2) is 7.87. The average molecular weight is 398 g/mol. The lowest BCUT2D eigenvalue weighted by Crippen LogP contribution is -2.24. The molecule has 2 aromatic carbocycles. The summed E-state index contributed by atoms with van der Waals surface area (Å²) in [5.41, 5.74) is 4.49. The molecule has 3 aromatic rings. The second-order valence-electron chi connectivity index (χ2n) is 7.12. The SMILES string of the molecule is COc1ccc2c(c1)SC(c1cccc(F)c1)CCN2Cc1cn(C)nc1C. The van der Waals surface area contributed by atoms with E-state index in [1.54, 1.807) is 31.0 Å². The Morgan fingerprint density at radius 2 is 2.11 bits per heavy atom. The van der Waals surface area contributed by atoms with Crippen LogP contribution in [-0.2, 0) is 13.6 Å². The molecule has 1 aliphatic heterocycles. The molecule has 0 radical (unpaired) electrons. The van der Waals surface area contributed by atoms with E-state index in [0.29, 0.717) is 0 Å². The van der Waals surface area contributed by atoms with Crippen molar-refractivity contribution < 1.29 is 9.13 Å². The van der Waals surface area contributed by atoms with Crippen LogP contribution in [-0.4, -0.2) is 23.4 Å². The van der Waals surface area contributed by atoms with Gasteiger partial charge < -0.3 is 9.64 Å². The molecule has 0 saturated carbocycles. The van der Waals surface area contributed by atoms with E-state index < -0.39 is 0 Å². The van der Waals surface area contributed by atoms with Crippen LogP contribution in [0.5, 0.6) is 5.75 Å². The van der Waals surface area contributed by atoms with Gasteiger partial charge in [0.05, 0.1) is 18.5 Å². The van der Waals surface area contributed by atoms with Crippen molar-refractivity contribution >= 4 is 17.4 Å². The number of hydrogen-bond donors (Lipinski definition) is 0. The zero-order valence-electron chi connectivity index (χ0n) is 16.4. The van der Waals surface area contributed by atoms with Gasteiger partial charge in [0.25, 0.3) is 0 Å². The molecule has 4 rings (SSSR count). The molecule has 6 heteroatoms. The lowest BCUT2D eigenvalue weighted by molar-refractivity contribution is 0.413. The second-order valence-corrected chi connectivity index (χ2v) is 8.36. The van der Waals surface area contributed by atoms with Crippen molar-refractivity contribution in [2.45, 2.75) is 30.0 Å². The molecule has 4 nitrogen and oxygen atoms in total. The number of nitrogens with zero attached hydrogens (tertiary/aromatic N) is 3. The number of fused-ring (bicyclic) bond motifs is 1. The standard InChI is InChI=1S/C22H24FN3OS/c1-15-17(13-25(2)24-15)14-26-10-9-21(16-5-4-6-18(23)11-16)28-22-12-19(27-3)7-8-20(22)26/h4-8,11-13,21H,9-10,14H2,1-3H3. The third-order valence-electron chi connectivity index (χ3n) is 5.13. The van der Waals surface area contributed by atoms with Crippen molar-refractivity contribution in [3.05, 3.63) is 71.3 Å². The molecule has 0 N–H and O–H groups in total. The Hall–Kier alpha value is -2.47. The van der Waals surface area contributed by atoms with Gasteiger partial charge in [0.1, 0.15) is 11.6 Å². The van der Waals surface area contributed by atoms with Gasteiger partial charge in [-0.3, -0.25) is 4.68 Å². The minimum Gasteiger partial charge on any atom is -0.497 e. The number of benzene rings is 2. The van der Waals surface area contributed by atoms with Crippen molar-refractivity contribution in [1.29, 1.82) is 0 Å². The van der Waals surface area contributed by atoms with E-state index in [4.69, 9.17) is 4.74 Å². The van der Waals surface area contributed by atoms with Crippen LogP contribution < -0.4 is 9.64 Å². The fourth-order valence-corrected chi connectivity index (χ4v) is 5.01. The van der Waals surface area contributed by atoms with E-state index in [1.165, 1.54) is 17.3 Å². The molecular formula is C22H24FN3OS. The normalized spacial score (nSPS) is 16.6. The van der Waals surface area contributed by atoms with Gasteiger partial charge in [0.2, 0.25) is 0 Å². The molecule has 1 aliphatic rings. The maximum absolute atomic E-state index is 13.8. The molecule has 0 aliphatic carbocycles. The van der Waals surface area contributed by atoms with Gasteiger partial charge >= 0.3 is 0 Å². The number of ether oxygens (including phenoxy) is 1. The van der Waals surface area contributed by atoms with Gasteiger partial charge in [-0.1, -0.05) is 12.1 Å². The summed E-state index contributed by atoms with van der Waals surface area (Å²) >= 11 is 1.78. The number of thioether (sulfide) groups is 1. The van der Waals surface area contributed by atoms with E-state index >= 15 is 0 Å². The van der Waals surface area contributed by atoms with Crippen LogP contribution in [0.4, 0.5) is 10.1 Å². The first-order valence-electron chi connectivity index (χ1n) is 9.37. The minimum atomic E-state index is -0.184. The van der Waals surface area contributed by atoms with Crippen molar-refractivity contribution in [2.24, 2.45) is 7.05 Å². The van der Waals surface area contributed by atoms with Crippen LogP contribution >= 0.6 is 11.8 Å². The summed E-state index contributed by atoms with van der Waals surface area (Å²) in [5, 5.41) is 4.67. The van der Waals surface area contributed by atoms with Gasteiger partial charge in [0, 0.05) is 42.0 Å². The largest absolute Gasteiger partial charge is 0.497 e. The van der Waals surface area contributed by atoms with Crippen molar-refractivity contribution in [3.63, 3.8) is 0 Å². The smallest absolute Gasteiger partial charge is 0.123 e. The first kappa shape index (κ1) is 18.9. The van der Waals surface area contributed by atoms with Gasteiger partial charge in [-0.25, -0.2) is 4.39 Å². The first-order chi connectivity index (χ1) is 13.5. The summed E-state index contributed by atoms with van der Waals surface area (Å²) in [4.78, 5) is 3.55. The molecule has 0 amide bonds. The Bertz CT molecular complexity index is 988. The maximum Gasteiger partial charge on any atom is 0.123 e. The number of halogens is 1. The minimum absolute atomic E-state index is 0.184. The lowest BCUT2D eigenvalue weighted by Gasteiger charge is -2.24. The predicted molar refractivity (Wildman–Crippen MR) is 112 cm³/mol. The number of rotatable bonds is 4. The fourth-order valence-electron chi connectivity index (χ4n) is 3.70. The monoisotopic (exact) mass is 397 g/mol. The quantitative estimate of drug-likeness (QED) is 0.611. The van der Waals surface area contributed by atoms with E-state index in [1.807, 2.05) is 30.8 Å². The number of hydrogen-bond acceptors (Lipinski definition) is 4. The van der Waals surface area contributed by atoms with Gasteiger partial charge in [-0.15, -0.1) is 11.8 Å². The number of methoxy groups -OCH3 is 1. The van der Waals surface area contributed by atoms with Gasteiger partial charge in [0.15, 0.2) is 0 Å². The zero-order chi connectivity index (χ0) is 19.7. The third-order valence-corrected chi connectivity index (χ3v) is 6.51. The summed E-state index contributed by atoms with van der Waals surface area (Å²) in [6.07, 6.45) is 3.02. The summed E-state index contributed by atoms with van der Waals surface area (Å²) in [7, 11) is 3.64. The highest BCUT2D eigenvalue weighted by molar-refractivity contribution is 7.99. The molecule has 1 unspecified atom stereocenters. The highest BCUT2D eigenvalue weighted by atomic mass is 32.2.